The van der Waals surface area contributed by atoms with Crippen LogP contribution < -0.4 is 18.9 Å². The van der Waals surface area contributed by atoms with Crippen molar-refractivity contribution in [1.82, 2.24) is 0 Å². The van der Waals surface area contributed by atoms with Gasteiger partial charge >= 0.3 is 11.9 Å². The van der Waals surface area contributed by atoms with Crippen molar-refractivity contribution in [2.24, 2.45) is 0 Å². The van der Waals surface area contributed by atoms with E-state index in [-0.39, 0.29) is 17.1 Å². The predicted molar refractivity (Wildman–Crippen MR) is 185 cm³/mol. The summed E-state index contributed by atoms with van der Waals surface area (Å²) in [6.07, 6.45) is 5.80. The van der Waals surface area contributed by atoms with Crippen LogP contribution in [0.3, 0.4) is 0 Å². The molecule has 5 aromatic rings. The molecule has 0 amide bonds. The van der Waals surface area contributed by atoms with Crippen LogP contribution in [0.4, 0.5) is 0 Å². The Morgan fingerprint density at radius 2 is 1.00 bits per heavy atom. The highest BCUT2D eigenvalue weighted by Crippen LogP contribution is 2.24. The van der Waals surface area contributed by atoms with E-state index in [1.54, 1.807) is 42.5 Å². The van der Waals surface area contributed by atoms with Gasteiger partial charge in [-0.2, -0.15) is 5.26 Å². The first-order chi connectivity index (χ1) is 24.0. The monoisotopic (exact) mass is 653 g/mol. The lowest BCUT2D eigenvalue weighted by atomic mass is 10.0. The number of aldehydes is 1. The van der Waals surface area contributed by atoms with Gasteiger partial charge in [-0.05, 0) is 96.8 Å². The van der Waals surface area contributed by atoms with Gasteiger partial charge in [-0.3, -0.25) is 4.79 Å². The molecule has 0 unspecified atom stereocenters. The fourth-order valence-corrected chi connectivity index (χ4v) is 4.91. The van der Waals surface area contributed by atoms with E-state index in [9.17, 15) is 14.4 Å². The minimum Gasteiger partial charge on any atom is -0.494 e. The fraction of sp³-hybridized carbons (Fsp3) is 0.171. The Kier molecular flexibility index (Phi) is 12.3. The van der Waals surface area contributed by atoms with Gasteiger partial charge < -0.3 is 18.9 Å². The molecule has 5 aromatic carbocycles. The van der Waals surface area contributed by atoms with Crippen molar-refractivity contribution in [3.05, 3.63) is 144 Å². The van der Waals surface area contributed by atoms with Crippen LogP contribution in [0.25, 0.3) is 11.1 Å². The molecule has 0 spiro atoms. The number of hydrogen-bond acceptors (Lipinski definition) is 8. The number of nitrogens with zero attached hydrogens (tertiary/aromatic N) is 1. The third-order valence-electron chi connectivity index (χ3n) is 7.63. The maximum Gasteiger partial charge on any atom is 0.343 e. The molecule has 0 heterocycles. The Morgan fingerprint density at radius 3 is 1.49 bits per heavy atom. The second-order valence-corrected chi connectivity index (χ2v) is 11.2. The Balaban J connectivity index is 0.946. The summed E-state index contributed by atoms with van der Waals surface area (Å²) in [6.45, 7) is 1.25. The second kappa shape index (κ2) is 17.6. The van der Waals surface area contributed by atoms with Gasteiger partial charge in [0.2, 0.25) is 0 Å². The number of esters is 2. The molecule has 0 fully saturated rings. The maximum absolute atomic E-state index is 12.7. The smallest absolute Gasteiger partial charge is 0.343 e. The quantitative estimate of drug-likeness (QED) is 0.0449. The minimum absolute atomic E-state index is 0.218. The normalized spacial score (nSPS) is 10.4. The Labute approximate surface area is 285 Å². The zero-order valence-electron chi connectivity index (χ0n) is 26.9. The van der Waals surface area contributed by atoms with E-state index in [0.29, 0.717) is 41.9 Å². The highest BCUT2D eigenvalue weighted by molar-refractivity contribution is 5.92. The highest BCUT2D eigenvalue weighted by atomic mass is 16.5. The molecule has 49 heavy (non-hydrogen) atoms. The lowest BCUT2D eigenvalue weighted by Gasteiger charge is -2.09. The number of nitriles is 1. The van der Waals surface area contributed by atoms with E-state index in [1.807, 2.05) is 48.5 Å². The van der Waals surface area contributed by atoms with Gasteiger partial charge in [0.15, 0.2) is 0 Å². The second-order valence-electron chi connectivity index (χ2n) is 11.2. The number of carbonyl (C=O) groups excluding carboxylic acids is 3. The van der Waals surface area contributed by atoms with Crippen molar-refractivity contribution in [2.75, 3.05) is 13.2 Å². The van der Waals surface area contributed by atoms with Crippen LogP contribution in [0.15, 0.2) is 121 Å². The van der Waals surface area contributed by atoms with Crippen LogP contribution in [0.2, 0.25) is 0 Å². The van der Waals surface area contributed by atoms with Crippen molar-refractivity contribution in [2.45, 2.75) is 32.1 Å². The maximum atomic E-state index is 12.7. The summed E-state index contributed by atoms with van der Waals surface area (Å²) >= 11 is 0. The largest absolute Gasteiger partial charge is 0.494 e. The Hall–Kier alpha value is -6.20. The summed E-state index contributed by atoms with van der Waals surface area (Å²) in [5.41, 5.74) is 3.90. The predicted octanol–water partition coefficient (Wildman–Crippen LogP) is 8.88. The van der Waals surface area contributed by atoms with Gasteiger partial charge in [0.1, 0.15) is 29.3 Å². The lowest BCUT2D eigenvalue weighted by Crippen LogP contribution is -2.10. The van der Waals surface area contributed by atoms with Gasteiger partial charge in [-0.15, -0.1) is 0 Å². The average Bonchev–Trinajstić information content (AvgIpc) is 3.15. The van der Waals surface area contributed by atoms with Gasteiger partial charge in [-0.1, -0.05) is 61.7 Å². The van der Waals surface area contributed by atoms with Crippen LogP contribution in [0, 0.1) is 11.3 Å². The van der Waals surface area contributed by atoms with Crippen molar-refractivity contribution in [1.29, 1.82) is 5.26 Å². The van der Waals surface area contributed by atoms with Crippen molar-refractivity contribution in [3.8, 4) is 40.2 Å². The number of benzene rings is 5. The summed E-state index contributed by atoms with van der Waals surface area (Å²) in [4.78, 5) is 35.9. The number of unbranched alkanes of at least 4 members (excludes halogenated alkanes) is 4. The molecule has 5 rings (SSSR count). The van der Waals surface area contributed by atoms with Crippen LogP contribution in [-0.4, -0.2) is 31.4 Å². The van der Waals surface area contributed by atoms with E-state index in [2.05, 4.69) is 6.07 Å². The topological polar surface area (TPSA) is 112 Å². The van der Waals surface area contributed by atoms with E-state index >= 15 is 0 Å². The summed E-state index contributed by atoms with van der Waals surface area (Å²) in [5.74, 6) is 0.817. The van der Waals surface area contributed by atoms with Crippen LogP contribution in [0.1, 0.15) is 68.7 Å². The number of rotatable bonds is 16. The fourth-order valence-electron chi connectivity index (χ4n) is 4.91. The Bertz CT molecular complexity index is 1880. The highest BCUT2D eigenvalue weighted by Gasteiger charge is 2.12. The third-order valence-corrected chi connectivity index (χ3v) is 7.63. The van der Waals surface area contributed by atoms with Gasteiger partial charge in [0.25, 0.3) is 0 Å². The molecule has 0 bridgehead atoms. The zero-order chi connectivity index (χ0) is 34.3. The summed E-state index contributed by atoms with van der Waals surface area (Å²) in [5, 5.41) is 8.96. The van der Waals surface area contributed by atoms with Gasteiger partial charge in [-0.25, -0.2) is 9.59 Å². The average molecular weight is 654 g/mol. The number of ether oxygens (including phenoxy) is 4. The van der Waals surface area contributed by atoms with E-state index in [4.69, 9.17) is 24.2 Å². The molecule has 246 valence electrons. The van der Waals surface area contributed by atoms with Gasteiger partial charge in [0.05, 0.1) is 36.0 Å². The summed E-state index contributed by atoms with van der Waals surface area (Å²) < 4.78 is 22.6. The minimum atomic E-state index is -0.595. The molecule has 0 aromatic heterocycles. The molecule has 0 aliphatic rings. The first-order valence-corrected chi connectivity index (χ1v) is 16.1. The molecule has 0 saturated heterocycles. The van der Waals surface area contributed by atoms with E-state index in [1.165, 1.54) is 30.3 Å². The molecule has 0 aliphatic heterocycles. The molecule has 0 aliphatic carbocycles. The molecular weight excluding hydrogens is 618 g/mol. The molecule has 0 radical (unpaired) electrons. The summed E-state index contributed by atoms with van der Waals surface area (Å²) in [6, 6.07) is 36.7. The van der Waals surface area contributed by atoms with Crippen molar-refractivity contribution >= 4 is 18.2 Å². The van der Waals surface area contributed by atoms with Gasteiger partial charge in [0, 0.05) is 11.6 Å². The van der Waals surface area contributed by atoms with E-state index < -0.39 is 11.9 Å². The first-order valence-electron chi connectivity index (χ1n) is 16.1. The molecular formula is C41H35NO7. The molecule has 8 heteroatoms. The Morgan fingerprint density at radius 1 is 0.551 bits per heavy atom. The zero-order valence-corrected chi connectivity index (χ0v) is 26.9. The summed E-state index contributed by atoms with van der Waals surface area (Å²) in [7, 11) is 0. The third kappa shape index (κ3) is 10.4. The van der Waals surface area contributed by atoms with Crippen molar-refractivity contribution in [3.63, 3.8) is 0 Å². The first kappa shape index (κ1) is 34.1. The number of hydrogen-bond donors (Lipinski definition) is 0. The van der Waals surface area contributed by atoms with Crippen LogP contribution >= 0.6 is 0 Å². The lowest BCUT2D eigenvalue weighted by molar-refractivity contribution is 0.0732. The molecule has 0 saturated carbocycles. The molecule has 0 atom stereocenters. The number of carbonyl (C=O) groups is 3. The van der Waals surface area contributed by atoms with Crippen LogP contribution in [0.5, 0.6) is 23.0 Å². The van der Waals surface area contributed by atoms with Crippen LogP contribution in [-0.2, 0) is 0 Å². The molecule has 0 N–H and O–H groups in total. The standard InChI is InChI=1S/C41H35NO7/c42-28-30-9-13-32(14-10-30)33-17-21-36(22-18-33)46-25-4-2-1-3-5-26-47-37-23-19-35(20-24-37)41(45)49-39-8-6-7-38(27-39)48-40(44)34-15-11-31(29-43)12-16-34/h6-24,27,29H,1-5,25-26H2. The SMILES string of the molecule is N#Cc1ccc(-c2ccc(OCCCCCCCOc3ccc(C(=O)Oc4cccc(OC(=O)c5ccc(C=O)cc5)c4)cc3)cc2)cc1. The van der Waals surface area contributed by atoms with E-state index in [0.717, 1.165) is 49.0 Å². The molecule has 8 nitrogen and oxygen atoms in total. The van der Waals surface area contributed by atoms with Crippen molar-refractivity contribution < 1.29 is 33.3 Å².